The zero-order valence-electron chi connectivity index (χ0n) is 22.2. The van der Waals surface area contributed by atoms with E-state index in [1.165, 1.54) is 0 Å². The summed E-state index contributed by atoms with van der Waals surface area (Å²) >= 11 is 0. The second-order valence-electron chi connectivity index (χ2n) is 13.0. The van der Waals surface area contributed by atoms with Crippen LogP contribution in [0.15, 0.2) is 35.4 Å². The zero-order chi connectivity index (χ0) is 28.1. The summed E-state index contributed by atoms with van der Waals surface area (Å²) in [5.41, 5.74) is -0.511. The summed E-state index contributed by atoms with van der Waals surface area (Å²) in [6.45, 7) is 7.68. The van der Waals surface area contributed by atoms with E-state index < -0.39 is 49.9 Å². The highest BCUT2D eigenvalue weighted by Gasteiger charge is 2.69. The number of Topliss-reactive ketones (excluding diaryl/α,β-unsaturated/α-hetero) is 2. The molecule has 206 valence electrons. The average Bonchev–Trinajstić information content (AvgIpc) is 3.27. The molecule has 4 aliphatic rings. The Bertz CT molecular complexity index is 1380. The number of rotatable bonds is 6. The molecule has 4 saturated carbocycles. The number of carbonyl (C=O) groups excluding carboxylic acids is 2. The first-order valence-corrected chi connectivity index (χ1v) is 14.7. The lowest BCUT2D eigenvalue weighted by atomic mass is 9.66. The van der Waals surface area contributed by atoms with Gasteiger partial charge < -0.3 is 15.3 Å². The molecule has 38 heavy (non-hydrogen) atoms. The molecule has 0 aromatic heterocycles. The van der Waals surface area contributed by atoms with Crippen LogP contribution in [0, 0.1) is 33.5 Å². The van der Waals surface area contributed by atoms with Gasteiger partial charge in [0, 0.05) is 17.4 Å². The largest absolute Gasteiger partial charge is 0.344 e. The van der Waals surface area contributed by atoms with Crippen LogP contribution in [0.4, 0.5) is 0 Å². The predicted octanol–water partition coefficient (Wildman–Crippen LogP) is 3.37. The number of ketones is 2. The maximum absolute atomic E-state index is 13.5. The quantitative estimate of drug-likeness (QED) is 0.242. The molecule has 5 rings (SSSR count). The van der Waals surface area contributed by atoms with Gasteiger partial charge in [-0.2, -0.15) is 8.42 Å². The molecule has 0 aliphatic heterocycles. The summed E-state index contributed by atoms with van der Waals surface area (Å²) in [5, 5.41) is 29.1. The summed E-state index contributed by atoms with van der Waals surface area (Å²) < 4.78 is 33.1. The number of benzene rings is 1. The summed E-state index contributed by atoms with van der Waals surface area (Å²) in [4.78, 5) is 26.9. The number of hydrogen-bond acceptors (Lipinski definition) is 7. The maximum atomic E-state index is 13.5. The fourth-order valence-corrected chi connectivity index (χ4v) is 9.67. The lowest BCUT2D eigenvalue weighted by Crippen LogP contribution is -2.44. The van der Waals surface area contributed by atoms with Crippen LogP contribution in [-0.2, 0) is 19.7 Å². The smallest absolute Gasteiger partial charge is 0.276 e. The highest BCUT2D eigenvalue weighted by molar-refractivity contribution is 7.85. The van der Waals surface area contributed by atoms with E-state index in [0.29, 0.717) is 30.4 Å². The van der Waals surface area contributed by atoms with Gasteiger partial charge in [-0.05, 0) is 77.2 Å². The summed E-state index contributed by atoms with van der Waals surface area (Å²) in [5.74, 6) is -4.02. The topological polar surface area (TPSA) is 149 Å². The minimum atomic E-state index is -4.32. The molecular weight excluding hydrogens is 508 g/mol. The van der Waals surface area contributed by atoms with E-state index >= 15 is 0 Å². The van der Waals surface area contributed by atoms with E-state index in [0.717, 1.165) is 17.5 Å². The Morgan fingerprint density at radius 1 is 0.816 bits per heavy atom. The zero-order valence-corrected chi connectivity index (χ0v) is 23.0. The number of fused-ring (bicyclic) bond motifs is 4. The summed E-state index contributed by atoms with van der Waals surface area (Å²) in [7, 11) is -4.32. The lowest BCUT2D eigenvalue weighted by Gasteiger charge is -2.38. The monoisotopic (exact) mass is 544 g/mol. The van der Waals surface area contributed by atoms with Gasteiger partial charge in [0.1, 0.15) is 0 Å². The molecule has 1 aromatic carbocycles. The Kier molecular flexibility index (Phi) is 5.89. The third-order valence-electron chi connectivity index (χ3n) is 10.6. The van der Waals surface area contributed by atoms with Crippen LogP contribution in [-0.4, -0.2) is 51.6 Å². The molecule has 0 heterocycles. The molecule has 9 heteroatoms. The second kappa shape index (κ2) is 8.17. The van der Waals surface area contributed by atoms with Crippen molar-refractivity contribution in [3.8, 4) is 0 Å². The third-order valence-corrected chi connectivity index (χ3v) is 11.5. The average molecular weight is 545 g/mol. The highest BCUT2D eigenvalue weighted by atomic mass is 32.2. The molecule has 4 N–H and O–H groups in total. The van der Waals surface area contributed by atoms with Gasteiger partial charge in [-0.25, -0.2) is 0 Å². The Balaban J connectivity index is 1.43. The SMILES string of the molecule is CC1(C)C2CCC1(CS(=O)(=O)O)C(=O)/C2=C\c1ccc(/C=C2/C(=O)C3(CC(O)(O)O)CCC2C3(C)C)cc1. The lowest BCUT2D eigenvalue weighted by molar-refractivity contribution is -0.327. The van der Waals surface area contributed by atoms with E-state index in [1.807, 2.05) is 58.0 Å². The standard InChI is InChI=1S/C29H36O8S/c1-25(2)21-9-11-27(25,15-29(32,33)34)23(30)19(21)13-17-5-7-18(8-6-17)14-20-22-10-12-28(24(20)31,26(22,3)4)16-38(35,36)37/h5-8,13-14,21-22,32-34H,9-12,15-16H2,1-4H3,(H,35,36,37)/b19-13+,20-14-. The molecule has 4 unspecified atom stereocenters. The van der Waals surface area contributed by atoms with Gasteiger partial charge in [-0.1, -0.05) is 52.0 Å². The van der Waals surface area contributed by atoms with Gasteiger partial charge in [0.25, 0.3) is 16.1 Å². The molecule has 0 saturated heterocycles. The minimum absolute atomic E-state index is 0.0629. The molecule has 4 atom stereocenters. The predicted molar refractivity (Wildman–Crippen MR) is 141 cm³/mol. The van der Waals surface area contributed by atoms with Gasteiger partial charge >= 0.3 is 0 Å². The van der Waals surface area contributed by atoms with Crippen LogP contribution in [0.2, 0.25) is 0 Å². The number of hydrogen-bond donors (Lipinski definition) is 4. The minimum Gasteiger partial charge on any atom is -0.344 e. The van der Waals surface area contributed by atoms with Gasteiger partial charge in [-0.15, -0.1) is 0 Å². The van der Waals surface area contributed by atoms with Gasteiger partial charge in [-0.3, -0.25) is 14.1 Å². The van der Waals surface area contributed by atoms with Crippen molar-refractivity contribution in [3.63, 3.8) is 0 Å². The van der Waals surface area contributed by atoms with Crippen LogP contribution < -0.4 is 0 Å². The second-order valence-corrected chi connectivity index (χ2v) is 14.4. The van der Waals surface area contributed by atoms with E-state index in [1.54, 1.807) is 6.08 Å². The molecule has 1 aromatic rings. The molecular formula is C29H36O8S. The molecule has 0 spiro atoms. The first kappa shape index (κ1) is 27.4. The van der Waals surface area contributed by atoms with Crippen molar-refractivity contribution in [2.45, 2.75) is 65.8 Å². The van der Waals surface area contributed by atoms with Crippen molar-refractivity contribution in [3.05, 3.63) is 46.5 Å². The fourth-order valence-electron chi connectivity index (χ4n) is 8.40. The van der Waals surface area contributed by atoms with Crippen LogP contribution in [0.1, 0.15) is 70.9 Å². The molecule has 8 nitrogen and oxygen atoms in total. The van der Waals surface area contributed by atoms with Crippen molar-refractivity contribution in [1.82, 2.24) is 0 Å². The Morgan fingerprint density at radius 2 is 1.21 bits per heavy atom. The Morgan fingerprint density at radius 3 is 1.63 bits per heavy atom. The molecule has 4 bridgehead atoms. The van der Waals surface area contributed by atoms with E-state index in [2.05, 4.69) is 0 Å². The normalized spacial score (nSPS) is 35.7. The molecule has 0 radical (unpaired) electrons. The summed E-state index contributed by atoms with van der Waals surface area (Å²) in [6, 6.07) is 7.40. The van der Waals surface area contributed by atoms with Crippen LogP contribution in [0.3, 0.4) is 0 Å². The third kappa shape index (κ3) is 3.81. The molecule has 4 fully saturated rings. The summed E-state index contributed by atoms with van der Waals surface area (Å²) in [6.07, 6.45) is 5.52. The number of aliphatic hydroxyl groups is 3. The van der Waals surface area contributed by atoms with Crippen LogP contribution in [0.5, 0.6) is 0 Å². The maximum Gasteiger partial charge on any atom is 0.276 e. The van der Waals surface area contributed by atoms with Crippen molar-refractivity contribution in [2.24, 2.45) is 33.5 Å². The Labute approximate surface area is 223 Å². The van der Waals surface area contributed by atoms with Gasteiger partial charge in [0.05, 0.1) is 11.2 Å². The van der Waals surface area contributed by atoms with Crippen LogP contribution in [0.25, 0.3) is 12.2 Å². The number of allylic oxidation sites excluding steroid dienone is 2. The van der Waals surface area contributed by atoms with Crippen molar-refractivity contribution < 1.29 is 37.9 Å². The number of carbonyl (C=O) groups is 2. The van der Waals surface area contributed by atoms with Gasteiger partial charge in [0.2, 0.25) is 0 Å². The van der Waals surface area contributed by atoms with Crippen molar-refractivity contribution in [2.75, 3.05) is 5.75 Å². The molecule has 0 amide bonds. The van der Waals surface area contributed by atoms with Crippen molar-refractivity contribution >= 4 is 33.8 Å². The van der Waals surface area contributed by atoms with Gasteiger partial charge in [0.15, 0.2) is 11.6 Å². The first-order chi connectivity index (χ1) is 17.3. The van der Waals surface area contributed by atoms with E-state index in [-0.39, 0.29) is 23.4 Å². The fraction of sp³-hybridized carbons (Fsp3) is 0.586. The van der Waals surface area contributed by atoms with Crippen LogP contribution >= 0.6 is 0 Å². The first-order valence-electron chi connectivity index (χ1n) is 13.1. The van der Waals surface area contributed by atoms with E-state index in [9.17, 15) is 37.9 Å². The van der Waals surface area contributed by atoms with E-state index in [4.69, 9.17) is 0 Å². The molecule has 4 aliphatic carbocycles. The Hall–Kier alpha value is -2.17. The highest BCUT2D eigenvalue weighted by Crippen LogP contribution is 2.68. The van der Waals surface area contributed by atoms with Crippen molar-refractivity contribution in [1.29, 1.82) is 0 Å².